The van der Waals surface area contributed by atoms with E-state index in [1.165, 1.54) is 5.56 Å². The Hall–Kier alpha value is -2.54. The Bertz CT molecular complexity index is 748. The van der Waals surface area contributed by atoms with Gasteiger partial charge in [0.05, 0.1) is 12.8 Å². The minimum atomic E-state index is -1.13. The number of guanidine groups is 1. The fourth-order valence-electron chi connectivity index (χ4n) is 3.31. The van der Waals surface area contributed by atoms with Crippen LogP contribution in [0.1, 0.15) is 38.0 Å². The third-order valence-corrected chi connectivity index (χ3v) is 5.00. The van der Waals surface area contributed by atoms with Crippen LogP contribution in [0.2, 0.25) is 0 Å². The van der Waals surface area contributed by atoms with Crippen molar-refractivity contribution in [3.05, 3.63) is 48.0 Å². The number of nitrogens with one attached hydrogen (secondary N) is 2. The molecule has 7 heteroatoms. The van der Waals surface area contributed by atoms with E-state index in [2.05, 4.69) is 44.6 Å². The number of furan rings is 1. The highest BCUT2D eigenvalue weighted by Gasteiger charge is 2.26. The Labute approximate surface area is 166 Å². The highest BCUT2D eigenvalue weighted by molar-refractivity contribution is 5.80. The predicted octanol–water partition coefficient (Wildman–Crippen LogP) is 2.41. The van der Waals surface area contributed by atoms with Crippen LogP contribution in [0.25, 0.3) is 0 Å². The minimum Gasteiger partial charge on any atom is -0.466 e. The zero-order valence-corrected chi connectivity index (χ0v) is 17.0. The van der Waals surface area contributed by atoms with E-state index in [1.807, 2.05) is 13.1 Å². The molecule has 1 aliphatic heterocycles. The van der Waals surface area contributed by atoms with Crippen molar-refractivity contribution in [1.82, 2.24) is 15.6 Å². The second-order valence-electron chi connectivity index (χ2n) is 7.55. The second kappa shape index (κ2) is 9.10. The number of rotatable bonds is 6. The summed E-state index contributed by atoms with van der Waals surface area (Å²) in [5.41, 5.74) is 0.0454. The molecule has 2 aromatic heterocycles. The van der Waals surface area contributed by atoms with Gasteiger partial charge in [-0.3, -0.25) is 0 Å². The lowest BCUT2D eigenvalue weighted by Gasteiger charge is -2.34. The maximum absolute atomic E-state index is 10.6. The SMILES string of the molecule is CCNC(=NCC(C)(O)c1ccco1)NC1CCN(c2ccc(C)cn2)CC1. The molecule has 28 heavy (non-hydrogen) atoms. The van der Waals surface area contributed by atoms with E-state index in [0.29, 0.717) is 11.8 Å². The van der Waals surface area contributed by atoms with Crippen LogP contribution < -0.4 is 15.5 Å². The van der Waals surface area contributed by atoms with Crippen molar-refractivity contribution in [3.8, 4) is 0 Å². The zero-order chi connectivity index (χ0) is 20.0. The Kier molecular flexibility index (Phi) is 6.57. The van der Waals surface area contributed by atoms with Gasteiger partial charge in [0.2, 0.25) is 0 Å². The average molecular weight is 386 g/mol. The molecule has 0 spiro atoms. The molecule has 0 aliphatic carbocycles. The van der Waals surface area contributed by atoms with Gasteiger partial charge in [0.25, 0.3) is 0 Å². The van der Waals surface area contributed by atoms with E-state index in [9.17, 15) is 5.11 Å². The first-order valence-corrected chi connectivity index (χ1v) is 9.97. The van der Waals surface area contributed by atoms with Gasteiger partial charge in [-0.25, -0.2) is 9.98 Å². The molecule has 0 saturated carbocycles. The number of hydrogen-bond donors (Lipinski definition) is 3. The van der Waals surface area contributed by atoms with Crippen LogP contribution in [-0.4, -0.2) is 48.3 Å². The van der Waals surface area contributed by atoms with E-state index < -0.39 is 5.60 Å². The number of hydrogen-bond acceptors (Lipinski definition) is 5. The molecule has 0 radical (unpaired) electrons. The van der Waals surface area contributed by atoms with Gasteiger partial charge in [0.1, 0.15) is 17.2 Å². The minimum absolute atomic E-state index is 0.224. The first-order valence-electron chi connectivity index (χ1n) is 9.97. The van der Waals surface area contributed by atoms with Crippen molar-refractivity contribution in [2.75, 3.05) is 31.1 Å². The summed E-state index contributed by atoms with van der Waals surface area (Å²) in [6, 6.07) is 8.07. The number of aliphatic imine (C=N–C) groups is 1. The summed E-state index contributed by atoms with van der Waals surface area (Å²) in [4.78, 5) is 11.4. The van der Waals surface area contributed by atoms with Gasteiger partial charge in [0, 0.05) is 31.9 Å². The number of piperidine rings is 1. The van der Waals surface area contributed by atoms with Gasteiger partial charge >= 0.3 is 0 Å². The third kappa shape index (κ3) is 5.25. The molecule has 152 valence electrons. The smallest absolute Gasteiger partial charge is 0.191 e. The Balaban J connectivity index is 1.55. The molecule has 1 unspecified atom stereocenters. The summed E-state index contributed by atoms with van der Waals surface area (Å²) >= 11 is 0. The predicted molar refractivity (Wildman–Crippen MR) is 112 cm³/mol. The normalized spacial score (nSPS) is 18.0. The van der Waals surface area contributed by atoms with Crippen LogP contribution in [0.15, 0.2) is 46.1 Å². The van der Waals surface area contributed by atoms with Crippen LogP contribution in [0.3, 0.4) is 0 Å². The summed E-state index contributed by atoms with van der Waals surface area (Å²) in [6.07, 6.45) is 5.50. The molecule has 0 bridgehead atoms. The third-order valence-electron chi connectivity index (χ3n) is 5.00. The topological polar surface area (TPSA) is 85.9 Å². The summed E-state index contributed by atoms with van der Waals surface area (Å²) < 4.78 is 5.33. The first kappa shape index (κ1) is 20.2. The molecular weight excluding hydrogens is 354 g/mol. The molecule has 2 aromatic rings. The maximum Gasteiger partial charge on any atom is 0.191 e. The van der Waals surface area contributed by atoms with Crippen LogP contribution in [0.4, 0.5) is 5.82 Å². The Morgan fingerprint density at radius 1 is 1.36 bits per heavy atom. The van der Waals surface area contributed by atoms with Crippen LogP contribution >= 0.6 is 0 Å². The number of pyridine rings is 1. The first-order chi connectivity index (χ1) is 13.5. The van der Waals surface area contributed by atoms with Crippen LogP contribution in [0.5, 0.6) is 0 Å². The number of aryl methyl sites for hydroxylation is 1. The van der Waals surface area contributed by atoms with E-state index in [4.69, 9.17) is 4.42 Å². The number of nitrogens with zero attached hydrogens (tertiary/aromatic N) is 3. The van der Waals surface area contributed by atoms with Crippen molar-refractivity contribution in [1.29, 1.82) is 0 Å². The van der Waals surface area contributed by atoms with E-state index in [1.54, 1.807) is 25.3 Å². The second-order valence-corrected chi connectivity index (χ2v) is 7.55. The van der Waals surface area contributed by atoms with Gasteiger partial charge in [0.15, 0.2) is 5.96 Å². The summed E-state index contributed by atoms with van der Waals surface area (Å²) in [5, 5.41) is 17.4. The molecule has 0 aromatic carbocycles. The van der Waals surface area contributed by atoms with E-state index >= 15 is 0 Å². The Morgan fingerprint density at radius 2 is 2.14 bits per heavy atom. The fourth-order valence-corrected chi connectivity index (χ4v) is 3.31. The lowest BCUT2D eigenvalue weighted by atomic mass is 10.0. The van der Waals surface area contributed by atoms with E-state index in [0.717, 1.165) is 44.3 Å². The molecule has 1 fully saturated rings. The largest absolute Gasteiger partial charge is 0.466 e. The summed E-state index contributed by atoms with van der Waals surface area (Å²) in [5.74, 6) is 2.28. The number of anilines is 1. The van der Waals surface area contributed by atoms with Crippen molar-refractivity contribution in [2.45, 2.75) is 45.3 Å². The highest BCUT2D eigenvalue weighted by Crippen LogP contribution is 2.21. The van der Waals surface area contributed by atoms with E-state index in [-0.39, 0.29) is 6.54 Å². The molecule has 1 aliphatic rings. The van der Waals surface area contributed by atoms with Crippen molar-refractivity contribution in [3.63, 3.8) is 0 Å². The van der Waals surface area contributed by atoms with Crippen LogP contribution in [0, 0.1) is 6.92 Å². The molecule has 1 saturated heterocycles. The number of aromatic nitrogens is 1. The number of aliphatic hydroxyl groups is 1. The van der Waals surface area contributed by atoms with Gasteiger partial charge in [-0.2, -0.15) is 0 Å². The van der Waals surface area contributed by atoms with Gasteiger partial charge in [-0.15, -0.1) is 0 Å². The molecular formula is C21H31N5O2. The molecule has 0 amide bonds. The van der Waals surface area contributed by atoms with Crippen molar-refractivity contribution >= 4 is 11.8 Å². The molecule has 3 heterocycles. The molecule has 7 nitrogen and oxygen atoms in total. The molecule has 3 rings (SSSR count). The Morgan fingerprint density at radius 3 is 2.75 bits per heavy atom. The fraction of sp³-hybridized carbons (Fsp3) is 0.524. The van der Waals surface area contributed by atoms with Gasteiger partial charge in [-0.1, -0.05) is 6.07 Å². The monoisotopic (exact) mass is 385 g/mol. The molecule has 1 atom stereocenters. The van der Waals surface area contributed by atoms with Crippen LogP contribution in [-0.2, 0) is 5.60 Å². The quantitative estimate of drug-likeness (QED) is 0.523. The summed E-state index contributed by atoms with van der Waals surface area (Å²) in [6.45, 7) is 8.70. The highest BCUT2D eigenvalue weighted by atomic mass is 16.4. The van der Waals surface area contributed by atoms with Gasteiger partial charge < -0.3 is 25.1 Å². The maximum atomic E-state index is 10.6. The molecule has 3 N–H and O–H groups in total. The van der Waals surface area contributed by atoms with Crippen molar-refractivity contribution in [2.24, 2.45) is 4.99 Å². The van der Waals surface area contributed by atoms with Crippen molar-refractivity contribution < 1.29 is 9.52 Å². The average Bonchev–Trinajstić information content (AvgIpc) is 3.24. The zero-order valence-electron chi connectivity index (χ0n) is 17.0. The lowest BCUT2D eigenvalue weighted by molar-refractivity contribution is 0.0436. The standard InChI is InChI=1S/C21H31N5O2/c1-4-22-20(24-15-21(3,27)18-6-5-13-28-18)25-17-9-11-26(12-10-17)19-8-7-16(2)14-23-19/h5-8,13-14,17,27H,4,9-12,15H2,1-3H3,(H2,22,24,25). The summed E-state index contributed by atoms with van der Waals surface area (Å²) in [7, 11) is 0. The lowest BCUT2D eigenvalue weighted by Crippen LogP contribution is -2.49. The van der Waals surface area contributed by atoms with Gasteiger partial charge in [-0.05, 0) is 57.4 Å².